The van der Waals surface area contributed by atoms with Gasteiger partial charge in [-0.2, -0.15) is 4.98 Å². The number of aromatic nitrogens is 2. The third-order valence-corrected chi connectivity index (χ3v) is 4.62. The van der Waals surface area contributed by atoms with Gasteiger partial charge in [-0.3, -0.25) is 19.5 Å². The Morgan fingerprint density at radius 1 is 1.26 bits per heavy atom. The summed E-state index contributed by atoms with van der Waals surface area (Å²) in [6.45, 7) is 7.76. The summed E-state index contributed by atoms with van der Waals surface area (Å²) in [7, 11) is 0. The fourth-order valence-electron chi connectivity index (χ4n) is 2.88. The maximum Gasteiger partial charge on any atom is 0.412 e. The summed E-state index contributed by atoms with van der Waals surface area (Å²) < 4.78 is 36.2. The number of esters is 2. The fraction of sp³-hybridized carbons (Fsp3) is 0.632. The lowest BCUT2D eigenvalue weighted by Crippen LogP contribution is -2.40. The summed E-state index contributed by atoms with van der Waals surface area (Å²) in [6.07, 6.45) is -3.71. The molecule has 172 valence electrons. The molecule has 1 aromatic rings. The van der Waals surface area contributed by atoms with Crippen LogP contribution in [0.1, 0.15) is 47.3 Å². The second kappa shape index (κ2) is 10.3. The zero-order valence-electron chi connectivity index (χ0n) is 17.9. The normalized spacial score (nSPS) is 23.7. The molecule has 1 aliphatic rings. The number of nitrogens with one attached hydrogen (secondary N) is 1. The van der Waals surface area contributed by atoms with Crippen molar-refractivity contribution in [3.63, 3.8) is 0 Å². The number of carbonyl (C=O) groups excluding carboxylic acids is 3. The molecule has 1 amide bonds. The predicted molar refractivity (Wildman–Crippen MR) is 104 cm³/mol. The molecule has 0 radical (unpaired) electrons. The second-order valence-corrected chi connectivity index (χ2v) is 7.24. The molecule has 0 spiro atoms. The zero-order valence-corrected chi connectivity index (χ0v) is 17.9. The number of halogens is 1. The lowest BCUT2D eigenvalue weighted by atomic mass is 10.1. The lowest BCUT2D eigenvalue weighted by Gasteiger charge is -2.23. The van der Waals surface area contributed by atoms with Gasteiger partial charge in [-0.05, 0) is 12.8 Å². The lowest BCUT2D eigenvalue weighted by molar-refractivity contribution is -0.165. The van der Waals surface area contributed by atoms with E-state index in [1.165, 1.54) is 6.92 Å². The molecule has 31 heavy (non-hydrogen) atoms. The van der Waals surface area contributed by atoms with Gasteiger partial charge in [0.2, 0.25) is 0 Å². The smallest absolute Gasteiger partial charge is 0.412 e. The molecule has 1 aliphatic heterocycles. The van der Waals surface area contributed by atoms with Gasteiger partial charge in [0.05, 0.1) is 18.9 Å². The van der Waals surface area contributed by atoms with Gasteiger partial charge >= 0.3 is 23.7 Å². The molecule has 0 saturated carbocycles. The molecule has 2 rings (SSSR count). The first-order chi connectivity index (χ1) is 14.5. The third-order valence-electron chi connectivity index (χ3n) is 4.62. The van der Waals surface area contributed by atoms with Crippen LogP contribution in [0, 0.1) is 11.7 Å². The average molecular weight is 443 g/mol. The molecule has 1 saturated heterocycles. The van der Waals surface area contributed by atoms with Crippen LogP contribution in [-0.2, 0) is 28.5 Å². The number of anilines is 1. The van der Waals surface area contributed by atoms with Gasteiger partial charge in [0.25, 0.3) is 0 Å². The van der Waals surface area contributed by atoms with Crippen molar-refractivity contribution in [2.24, 2.45) is 5.92 Å². The standard InChI is InChI=1S/C19H26FN3O8/c1-6-9(2)8-28-19(27)22-16-13(20)7-23(18(26)21-16)17-15(31-12(5)25)14(10(3)29-17)30-11(4)24/h7,9-10,14-15,17H,6,8H2,1-5H3,(H,21,22,26,27). The summed E-state index contributed by atoms with van der Waals surface area (Å²) in [5, 5.41) is 2.08. The highest BCUT2D eigenvalue weighted by Crippen LogP contribution is 2.33. The molecule has 11 nitrogen and oxygen atoms in total. The van der Waals surface area contributed by atoms with Gasteiger partial charge in [-0.1, -0.05) is 20.3 Å². The van der Waals surface area contributed by atoms with Crippen LogP contribution in [0.5, 0.6) is 0 Å². The first-order valence-electron chi connectivity index (χ1n) is 9.75. The van der Waals surface area contributed by atoms with Crippen molar-refractivity contribution in [1.82, 2.24) is 9.55 Å². The molecule has 2 heterocycles. The van der Waals surface area contributed by atoms with E-state index < -0.39 is 59.9 Å². The van der Waals surface area contributed by atoms with Crippen LogP contribution in [-0.4, -0.2) is 52.5 Å². The molecule has 1 N–H and O–H groups in total. The number of hydrogen-bond donors (Lipinski definition) is 1. The quantitative estimate of drug-likeness (QED) is 0.494. The Balaban J connectivity index is 2.26. The molecule has 1 aromatic heterocycles. The third kappa shape index (κ3) is 6.23. The first-order valence-corrected chi connectivity index (χ1v) is 9.75. The van der Waals surface area contributed by atoms with E-state index in [9.17, 15) is 23.6 Å². The van der Waals surface area contributed by atoms with Gasteiger partial charge in [0.15, 0.2) is 30.1 Å². The van der Waals surface area contributed by atoms with Crippen molar-refractivity contribution in [2.75, 3.05) is 11.9 Å². The Morgan fingerprint density at radius 2 is 1.87 bits per heavy atom. The van der Waals surface area contributed by atoms with E-state index in [-0.39, 0.29) is 12.5 Å². The zero-order chi connectivity index (χ0) is 23.3. The van der Waals surface area contributed by atoms with E-state index in [1.807, 2.05) is 13.8 Å². The van der Waals surface area contributed by atoms with Gasteiger partial charge in [0.1, 0.15) is 0 Å². The Labute approximate surface area is 177 Å². The minimum absolute atomic E-state index is 0.112. The summed E-state index contributed by atoms with van der Waals surface area (Å²) >= 11 is 0. The summed E-state index contributed by atoms with van der Waals surface area (Å²) in [5.74, 6) is -2.92. The average Bonchev–Trinajstić information content (AvgIpc) is 2.96. The van der Waals surface area contributed by atoms with E-state index in [4.69, 9.17) is 18.9 Å². The van der Waals surface area contributed by atoms with Crippen molar-refractivity contribution in [2.45, 2.75) is 65.6 Å². The number of amides is 1. The maximum absolute atomic E-state index is 14.6. The number of nitrogens with zero attached hydrogens (tertiary/aromatic N) is 2. The van der Waals surface area contributed by atoms with Crippen LogP contribution >= 0.6 is 0 Å². The Hall–Kier alpha value is -3.02. The van der Waals surface area contributed by atoms with Crippen LogP contribution in [0.15, 0.2) is 11.0 Å². The molecule has 12 heteroatoms. The highest BCUT2D eigenvalue weighted by Gasteiger charge is 2.48. The summed E-state index contributed by atoms with van der Waals surface area (Å²) in [5.41, 5.74) is -0.989. The highest BCUT2D eigenvalue weighted by atomic mass is 19.1. The van der Waals surface area contributed by atoms with Crippen molar-refractivity contribution >= 4 is 23.8 Å². The minimum atomic E-state index is -1.30. The van der Waals surface area contributed by atoms with E-state index in [0.29, 0.717) is 0 Å². The molecule has 0 bridgehead atoms. The van der Waals surface area contributed by atoms with Crippen molar-refractivity contribution < 1.29 is 37.7 Å². The molecule has 1 fully saturated rings. The minimum Gasteiger partial charge on any atom is -0.456 e. The van der Waals surface area contributed by atoms with E-state index in [1.54, 1.807) is 6.92 Å². The van der Waals surface area contributed by atoms with Crippen LogP contribution in [0.4, 0.5) is 15.0 Å². The molecule has 5 atom stereocenters. The Morgan fingerprint density at radius 3 is 2.45 bits per heavy atom. The summed E-state index contributed by atoms with van der Waals surface area (Å²) in [4.78, 5) is 50.8. The SMILES string of the molecule is CCC(C)COC(=O)Nc1nc(=O)n(C2OC(C)C(OC(C)=O)C2OC(C)=O)cc1F. The number of ether oxygens (including phenoxy) is 4. The van der Waals surface area contributed by atoms with Crippen molar-refractivity contribution in [3.8, 4) is 0 Å². The Kier molecular flexibility index (Phi) is 8.08. The molecular weight excluding hydrogens is 417 g/mol. The first kappa shape index (κ1) is 24.3. The van der Waals surface area contributed by atoms with Gasteiger partial charge in [-0.15, -0.1) is 0 Å². The fourth-order valence-corrected chi connectivity index (χ4v) is 2.88. The topological polar surface area (TPSA) is 135 Å². The molecule has 0 aromatic carbocycles. The van der Waals surface area contributed by atoms with E-state index in [0.717, 1.165) is 24.1 Å². The second-order valence-electron chi connectivity index (χ2n) is 7.24. The van der Waals surface area contributed by atoms with Gasteiger partial charge < -0.3 is 18.9 Å². The molecular formula is C19H26FN3O8. The van der Waals surface area contributed by atoms with Gasteiger partial charge in [0, 0.05) is 13.8 Å². The van der Waals surface area contributed by atoms with Crippen LogP contribution in [0.2, 0.25) is 0 Å². The largest absolute Gasteiger partial charge is 0.456 e. The van der Waals surface area contributed by atoms with Crippen LogP contribution in [0.25, 0.3) is 0 Å². The highest BCUT2D eigenvalue weighted by molar-refractivity contribution is 5.83. The predicted octanol–water partition coefficient (Wildman–Crippen LogP) is 1.76. The number of hydrogen-bond acceptors (Lipinski definition) is 9. The molecule has 5 unspecified atom stereocenters. The Bertz CT molecular complexity index is 889. The monoisotopic (exact) mass is 443 g/mol. The van der Waals surface area contributed by atoms with Crippen molar-refractivity contribution in [1.29, 1.82) is 0 Å². The van der Waals surface area contributed by atoms with E-state index >= 15 is 0 Å². The summed E-state index contributed by atoms with van der Waals surface area (Å²) in [6, 6.07) is 0. The van der Waals surface area contributed by atoms with Crippen LogP contribution in [0.3, 0.4) is 0 Å². The maximum atomic E-state index is 14.6. The number of rotatable bonds is 7. The van der Waals surface area contributed by atoms with Gasteiger partial charge in [-0.25, -0.2) is 14.0 Å². The molecule has 0 aliphatic carbocycles. The van der Waals surface area contributed by atoms with Crippen LogP contribution < -0.4 is 11.0 Å². The van der Waals surface area contributed by atoms with E-state index in [2.05, 4.69) is 10.3 Å². The van der Waals surface area contributed by atoms with Crippen molar-refractivity contribution in [3.05, 3.63) is 22.5 Å². The number of carbonyl (C=O) groups is 3.